The van der Waals surface area contributed by atoms with Crippen LogP contribution in [0.4, 0.5) is 0 Å². The fourth-order valence-corrected chi connectivity index (χ4v) is 3.29. The van der Waals surface area contributed by atoms with Crippen molar-refractivity contribution in [2.45, 2.75) is 18.7 Å². The molecule has 0 amide bonds. The van der Waals surface area contributed by atoms with Gasteiger partial charge in [-0.25, -0.2) is 8.42 Å². The first kappa shape index (κ1) is 14.8. The van der Waals surface area contributed by atoms with Crippen molar-refractivity contribution in [3.63, 3.8) is 0 Å². The summed E-state index contributed by atoms with van der Waals surface area (Å²) in [6.45, 7) is 1.67. The summed E-state index contributed by atoms with van der Waals surface area (Å²) in [6.07, 6.45) is 0. The molecule has 18 heavy (non-hydrogen) atoms. The zero-order valence-corrected chi connectivity index (χ0v) is 11.7. The van der Waals surface area contributed by atoms with Crippen LogP contribution < -0.4 is 15.2 Å². The number of sulfone groups is 1. The minimum absolute atomic E-state index is 0.0264. The van der Waals surface area contributed by atoms with E-state index in [2.05, 4.69) is 0 Å². The van der Waals surface area contributed by atoms with Crippen LogP contribution in [0.5, 0.6) is 11.5 Å². The van der Waals surface area contributed by atoms with E-state index in [1.165, 1.54) is 14.2 Å². The van der Waals surface area contributed by atoms with E-state index in [4.69, 9.17) is 15.2 Å². The van der Waals surface area contributed by atoms with E-state index in [0.29, 0.717) is 17.1 Å². The van der Waals surface area contributed by atoms with Gasteiger partial charge in [-0.1, -0.05) is 6.07 Å². The van der Waals surface area contributed by atoms with E-state index < -0.39 is 9.84 Å². The smallest absolute Gasteiger partial charge is 0.161 e. The molecule has 1 rings (SSSR count). The number of nitrogens with two attached hydrogens (primary N) is 1. The summed E-state index contributed by atoms with van der Waals surface area (Å²) in [5.74, 6) is 1.02. The van der Waals surface area contributed by atoms with Crippen LogP contribution in [-0.2, 0) is 15.6 Å². The molecular weight excluding hydrogens is 254 g/mol. The summed E-state index contributed by atoms with van der Waals surface area (Å²) in [7, 11) is -0.156. The molecule has 0 saturated carbocycles. The van der Waals surface area contributed by atoms with E-state index in [0.717, 1.165) is 0 Å². The van der Waals surface area contributed by atoms with Gasteiger partial charge in [-0.2, -0.15) is 0 Å². The Bertz CT molecular complexity index is 497. The molecule has 1 unspecified atom stereocenters. The molecule has 6 heteroatoms. The fraction of sp³-hybridized carbons (Fsp3) is 0.500. The highest BCUT2D eigenvalue weighted by molar-refractivity contribution is 7.90. The lowest BCUT2D eigenvalue weighted by Crippen LogP contribution is -2.27. The predicted molar refractivity (Wildman–Crippen MR) is 70.7 cm³/mol. The van der Waals surface area contributed by atoms with Crippen LogP contribution in [0.1, 0.15) is 12.5 Å². The van der Waals surface area contributed by atoms with Crippen LogP contribution in [-0.4, -0.2) is 34.4 Å². The highest BCUT2D eigenvalue weighted by Gasteiger charge is 2.15. The molecule has 1 aromatic carbocycles. The summed E-state index contributed by atoms with van der Waals surface area (Å²) in [5.41, 5.74) is 6.17. The Kier molecular flexibility index (Phi) is 4.98. The van der Waals surface area contributed by atoms with Gasteiger partial charge in [-0.05, 0) is 24.6 Å². The van der Waals surface area contributed by atoms with Gasteiger partial charge in [-0.15, -0.1) is 0 Å². The summed E-state index contributed by atoms with van der Waals surface area (Å²) >= 11 is 0. The molecule has 2 N–H and O–H groups in total. The second-order valence-corrected chi connectivity index (χ2v) is 6.33. The predicted octanol–water partition coefficient (Wildman–Crippen LogP) is 0.966. The molecule has 0 bridgehead atoms. The average Bonchev–Trinajstić information content (AvgIpc) is 2.26. The number of benzene rings is 1. The molecule has 5 nitrogen and oxygen atoms in total. The van der Waals surface area contributed by atoms with Crippen molar-refractivity contribution in [1.29, 1.82) is 0 Å². The Morgan fingerprint density at radius 1 is 1.22 bits per heavy atom. The van der Waals surface area contributed by atoms with Gasteiger partial charge in [0.1, 0.15) is 0 Å². The molecular formula is C12H19NO4S. The van der Waals surface area contributed by atoms with Crippen LogP contribution in [0.3, 0.4) is 0 Å². The van der Waals surface area contributed by atoms with E-state index in [9.17, 15) is 8.42 Å². The minimum atomic E-state index is -3.20. The molecule has 0 aliphatic heterocycles. The van der Waals surface area contributed by atoms with Gasteiger partial charge < -0.3 is 15.2 Å². The Labute approximate surface area is 108 Å². The van der Waals surface area contributed by atoms with Crippen LogP contribution in [0, 0.1) is 0 Å². The molecule has 0 aliphatic rings. The summed E-state index contributed by atoms with van der Waals surface area (Å²) in [5, 5.41) is 0. The molecule has 0 radical (unpaired) electrons. The molecule has 102 valence electrons. The standard InChI is InChI=1S/C12H19NO4S/c1-9(13)7-18(14,15)8-10-4-5-11(16-2)12(6-10)17-3/h4-6,9H,7-8,13H2,1-3H3. The van der Waals surface area contributed by atoms with E-state index in [1.807, 2.05) is 0 Å². The van der Waals surface area contributed by atoms with Gasteiger partial charge >= 0.3 is 0 Å². The number of methoxy groups -OCH3 is 2. The third-order valence-corrected chi connectivity index (χ3v) is 4.16. The van der Waals surface area contributed by atoms with Crippen molar-refractivity contribution in [3.8, 4) is 11.5 Å². The normalized spacial score (nSPS) is 13.1. The second-order valence-electron chi connectivity index (χ2n) is 4.22. The van der Waals surface area contributed by atoms with Crippen molar-refractivity contribution in [2.75, 3.05) is 20.0 Å². The van der Waals surface area contributed by atoms with E-state index >= 15 is 0 Å². The van der Waals surface area contributed by atoms with E-state index in [1.54, 1.807) is 25.1 Å². The maximum atomic E-state index is 11.8. The van der Waals surface area contributed by atoms with Gasteiger partial charge in [0.05, 0.1) is 25.7 Å². The summed E-state index contributed by atoms with van der Waals surface area (Å²) in [6, 6.07) is 4.70. The van der Waals surface area contributed by atoms with Gasteiger partial charge in [-0.3, -0.25) is 0 Å². The van der Waals surface area contributed by atoms with Crippen molar-refractivity contribution in [2.24, 2.45) is 5.73 Å². The lowest BCUT2D eigenvalue weighted by molar-refractivity contribution is 0.354. The quantitative estimate of drug-likeness (QED) is 0.835. The van der Waals surface area contributed by atoms with Gasteiger partial charge in [0.2, 0.25) is 0 Å². The van der Waals surface area contributed by atoms with E-state index in [-0.39, 0.29) is 17.5 Å². The average molecular weight is 273 g/mol. The Balaban J connectivity index is 2.92. The molecule has 0 aliphatic carbocycles. The highest BCUT2D eigenvalue weighted by atomic mass is 32.2. The number of ether oxygens (including phenoxy) is 2. The second kappa shape index (κ2) is 6.06. The van der Waals surface area contributed by atoms with Crippen LogP contribution in [0.2, 0.25) is 0 Å². The first-order valence-electron chi connectivity index (χ1n) is 5.55. The number of hydrogen-bond donors (Lipinski definition) is 1. The van der Waals surface area contributed by atoms with Gasteiger partial charge in [0.25, 0.3) is 0 Å². The maximum absolute atomic E-state index is 11.8. The van der Waals surface area contributed by atoms with Crippen LogP contribution in [0.25, 0.3) is 0 Å². The van der Waals surface area contributed by atoms with Crippen molar-refractivity contribution >= 4 is 9.84 Å². The van der Waals surface area contributed by atoms with Crippen LogP contribution >= 0.6 is 0 Å². The lowest BCUT2D eigenvalue weighted by Gasteiger charge is -2.11. The minimum Gasteiger partial charge on any atom is -0.493 e. The third-order valence-electron chi connectivity index (χ3n) is 2.35. The Morgan fingerprint density at radius 3 is 2.33 bits per heavy atom. The van der Waals surface area contributed by atoms with Crippen molar-refractivity contribution in [1.82, 2.24) is 0 Å². The summed E-state index contributed by atoms with van der Waals surface area (Å²) in [4.78, 5) is 0. The van der Waals surface area contributed by atoms with Gasteiger partial charge in [0.15, 0.2) is 21.3 Å². The largest absolute Gasteiger partial charge is 0.493 e. The first-order valence-corrected chi connectivity index (χ1v) is 7.37. The molecule has 0 heterocycles. The Hall–Kier alpha value is -1.27. The zero-order chi connectivity index (χ0) is 13.8. The van der Waals surface area contributed by atoms with Crippen molar-refractivity contribution in [3.05, 3.63) is 23.8 Å². The molecule has 1 aromatic rings. The molecule has 0 aromatic heterocycles. The monoisotopic (exact) mass is 273 g/mol. The maximum Gasteiger partial charge on any atom is 0.161 e. The first-order chi connectivity index (χ1) is 8.38. The topological polar surface area (TPSA) is 78.6 Å². The van der Waals surface area contributed by atoms with Crippen molar-refractivity contribution < 1.29 is 17.9 Å². The zero-order valence-electron chi connectivity index (χ0n) is 10.8. The van der Waals surface area contributed by atoms with Gasteiger partial charge in [0, 0.05) is 6.04 Å². The Morgan fingerprint density at radius 2 is 1.83 bits per heavy atom. The fourth-order valence-electron chi connectivity index (χ4n) is 1.68. The summed E-state index contributed by atoms with van der Waals surface area (Å²) < 4.78 is 33.8. The SMILES string of the molecule is COc1ccc(CS(=O)(=O)CC(C)N)cc1OC. The molecule has 1 atom stereocenters. The molecule has 0 saturated heterocycles. The highest BCUT2D eigenvalue weighted by Crippen LogP contribution is 2.28. The molecule has 0 fully saturated rings. The molecule has 0 spiro atoms. The van der Waals surface area contributed by atoms with Crippen LogP contribution in [0.15, 0.2) is 18.2 Å². The third kappa shape index (κ3) is 4.19. The number of hydrogen-bond acceptors (Lipinski definition) is 5. The lowest BCUT2D eigenvalue weighted by atomic mass is 10.2. The number of rotatable bonds is 6.